The molecule has 0 saturated carbocycles. The zero-order valence-electron chi connectivity index (χ0n) is 13.3. The van der Waals surface area contributed by atoms with Gasteiger partial charge in [-0.15, -0.1) is 0 Å². The van der Waals surface area contributed by atoms with E-state index in [1.807, 2.05) is 38.1 Å². The molecule has 0 unspecified atom stereocenters. The Morgan fingerprint density at radius 3 is 2.29 bits per heavy atom. The highest BCUT2D eigenvalue weighted by molar-refractivity contribution is 6.03. The summed E-state index contributed by atoms with van der Waals surface area (Å²) in [5.74, 6) is 0.604. The number of nitrogens with zero attached hydrogens (tertiary/aromatic N) is 2. The molecule has 112 valence electrons. The van der Waals surface area contributed by atoms with Crippen molar-refractivity contribution in [3.05, 3.63) is 47.7 Å². The molecule has 0 radical (unpaired) electrons. The van der Waals surface area contributed by atoms with Crippen LogP contribution in [0.4, 0.5) is 5.82 Å². The molecule has 1 amide bonds. The molecule has 1 aromatic heterocycles. The van der Waals surface area contributed by atoms with Crippen molar-refractivity contribution in [2.45, 2.75) is 46.1 Å². The van der Waals surface area contributed by atoms with Crippen LogP contribution >= 0.6 is 0 Å². The number of hydrogen-bond donors (Lipinski definition) is 1. The highest BCUT2D eigenvalue weighted by atomic mass is 16.1. The van der Waals surface area contributed by atoms with Gasteiger partial charge in [-0.3, -0.25) is 4.79 Å². The Kier molecular flexibility index (Phi) is 4.16. The zero-order chi connectivity index (χ0) is 15.6. The molecule has 4 nitrogen and oxygen atoms in total. The summed E-state index contributed by atoms with van der Waals surface area (Å²) in [4.78, 5) is 12.3. The molecule has 0 aliphatic rings. The second-order valence-corrected chi connectivity index (χ2v) is 6.54. The minimum absolute atomic E-state index is 0.0886. The first-order chi connectivity index (χ1) is 9.79. The molecule has 0 saturated heterocycles. The smallest absolute Gasteiger partial charge is 0.256 e. The van der Waals surface area contributed by atoms with Crippen LogP contribution < -0.4 is 5.32 Å². The largest absolute Gasteiger partial charge is 0.307 e. The maximum absolute atomic E-state index is 12.3. The van der Waals surface area contributed by atoms with Crippen LogP contribution in [0.1, 0.15) is 56.6 Å². The van der Waals surface area contributed by atoms with Gasteiger partial charge in [-0.1, -0.05) is 32.9 Å². The van der Waals surface area contributed by atoms with Gasteiger partial charge in [0.1, 0.15) is 5.82 Å². The molecule has 0 atom stereocenters. The minimum atomic E-state index is -0.113. The summed E-state index contributed by atoms with van der Waals surface area (Å²) >= 11 is 0. The zero-order valence-corrected chi connectivity index (χ0v) is 13.3. The van der Waals surface area contributed by atoms with Gasteiger partial charge in [0, 0.05) is 17.7 Å². The Hall–Kier alpha value is -2.10. The third kappa shape index (κ3) is 3.51. The van der Waals surface area contributed by atoms with Crippen molar-refractivity contribution in [2.24, 2.45) is 0 Å². The lowest BCUT2D eigenvalue weighted by Gasteiger charge is -2.19. The fraction of sp³-hybridized carbons (Fsp3) is 0.412. The number of carbonyl (C=O) groups excluding carboxylic acids is 1. The number of carbonyl (C=O) groups is 1. The number of benzene rings is 1. The van der Waals surface area contributed by atoms with Crippen LogP contribution in [0.25, 0.3) is 0 Å². The molecule has 0 fully saturated rings. The fourth-order valence-corrected chi connectivity index (χ4v) is 2.13. The Morgan fingerprint density at radius 2 is 1.76 bits per heavy atom. The second-order valence-electron chi connectivity index (χ2n) is 6.54. The van der Waals surface area contributed by atoms with E-state index in [4.69, 9.17) is 0 Å². The Morgan fingerprint density at radius 1 is 1.14 bits per heavy atom. The summed E-state index contributed by atoms with van der Waals surface area (Å²) in [6, 6.07) is 9.77. The van der Waals surface area contributed by atoms with Gasteiger partial charge < -0.3 is 5.32 Å². The van der Waals surface area contributed by atoms with Crippen LogP contribution in [0.5, 0.6) is 0 Å². The van der Waals surface area contributed by atoms with E-state index in [0.29, 0.717) is 5.56 Å². The molecule has 0 aliphatic carbocycles. The van der Waals surface area contributed by atoms with E-state index in [1.165, 1.54) is 5.56 Å². The predicted molar refractivity (Wildman–Crippen MR) is 85.7 cm³/mol. The van der Waals surface area contributed by atoms with Gasteiger partial charge >= 0.3 is 0 Å². The average Bonchev–Trinajstić information content (AvgIpc) is 2.86. The fourth-order valence-electron chi connectivity index (χ4n) is 2.13. The second kappa shape index (κ2) is 5.72. The van der Waals surface area contributed by atoms with Crippen molar-refractivity contribution in [1.82, 2.24) is 9.78 Å². The first-order valence-corrected chi connectivity index (χ1v) is 7.24. The Labute approximate surface area is 126 Å². The van der Waals surface area contributed by atoms with Gasteiger partial charge in [0.2, 0.25) is 0 Å². The van der Waals surface area contributed by atoms with E-state index in [1.54, 1.807) is 16.9 Å². The number of anilines is 1. The van der Waals surface area contributed by atoms with Crippen LogP contribution in [-0.4, -0.2) is 15.7 Å². The van der Waals surface area contributed by atoms with E-state index in [0.717, 1.165) is 5.82 Å². The quantitative estimate of drug-likeness (QED) is 0.926. The third-order valence-electron chi connectivity index (χ3n) is 3.41. The molecule has 0 aliphatic heterocycles. The van der Waals surface area contributed by atoms with Gasteiger partial charge in [0.15, 0.2) is 0 Å². The predicted octanol–water partition coefficient (Wildman–Crippen LogP) is 4.01. The number of amides is 1. The lowest BCUT2D eigenvalue weighted by atomic mass is 9.87. The number of nitrogens with one attached hydrogen (secondary N) is 1. The normalized spacial score (nSPS) is 11.7. The third-order valence-corrected chi connectivity index (χ3v) is 3.41. The van der Waals surface area contributed by atoms with Crippen molar-refractivity contribution >= 4 is 11.7 Å². The highest BCUT2D eigenvalue weighted by Gasteiger charge is 2.15. The Balaban J connectivity index is 2.15. The van der Waals surface area contributed by atoms with Gasteiger partial charge in [0.05, 0.1) is 6.20 Å². The number of aromatic nitrogens is 2. The molecule has 1 heterocycles. The van der Waals surface area contributed by atoms with E-state index in [9.17, 15) is 4.79 Å². The van der Waals surface area contributed by atoms with E-state index < -0.39 is 0 Å². The summed E-state index contributed by atoms with van der Waals surface area (Å²) < 4.78 is 1.79. The molecule has 21 heavy (non-hydrogen) atoms. The molecule has 2 rings (SSSR count). The van der Waals surface area contributed by atoms with E-state index >= 15 is 0 Å². The number of rotatable bonds is 3. The SMILES string of the molecule is CC(C)n1nccc1NC(=O)c1ccc(C(C)(C)C)cc1. The van der Waals surface area contributed by atoms with Crippen LogP contribution in [0.3, 0.4) is 0 Å². The summed E-state index contributed by atoms with van der Waals surface area (Å²) in [6.07, 6.45) is 1.69. The summed E-state index contributed by atoms with van der Waals surface area (Å²) in [6.45, 7) is 10.5. The molecule has 1 N–H and O–H groups in total. The highest BCUT2D eigenvalue weighted by Crippen LogP contribution is 2.22. The van der Waals surface area contributed by atoms with Crippen LogP contribution in [0.2, 0.25) is 0 Å². The van der Waals surface area contributed by atoms with Crippen LogP contribution in [0, 0.1) is 0 Å². The van der Waals surface area contributed by atoms with Crippen molar-refractivity contribution in [2.75, 3.05) is 5.32 Å². The first kappa shape index (κ1) is 15.3. The summed E-state index contributed by atoms with van der Waals surface area (Å²) in [5.41, 5.74) is 1.96. The van der Waals surface area contributed by atoms with Crippen LogP contribution in [-0.2, 0) is 5.41 Å². The lowest BCUT2D eigenvalue weighted by Crippen LogP contribution is -2.17. The van der Waals surface area contributed by atoms with Crippen molar-refractivity contribution in [1.29, 1.82) is 0 Å². The standard InChI is InChI=1S/C17H23N3O/c1-12(2)20-15(10-11-18-20)19-16(21)13-6-8-14(9-7-13)17(3,4)5/h6-12H,1-5H3,(H,19,21). The summed E-state index contributed by atoms with van der Waals surface area (Å²) in [5, 5.41) is 7.12. The maximum Gasteiger partial charge on any atom is 0.256 e. The minimum Gasteiger partial charge on any atom is -0.307 e. The molecule has 4 heteroatoms. The Bertz CT molecular complexity index is 618. The lowest BCUT2D eigenvalue weighted by molar-refractivity contribution is 0.102. The van der Waals surface area contributed by atoms with Gasteiger partial charge in [0.25, 0.3) is 5.91 Å². The first-order valence-electron chi connectivity index (χ1n) is 7.24. The summed E-state index contributed by atoms with van der Waals surface area (Å²) in [7, 11) is 0. The van der Waals surface area contributed by atoms with E-state index in [2.05, 4.69) is 31.2 Å². The topological polar surface area (TPSA) is 46.9 Å². The van der Waals surface area contributed by atoms with Gasteiger partial charge in [-0.25, -0.2) is 4.68 Å². The number of hydrogen-bond acceptors (Lipinski definition) is 2. The molecule has 0 spiro atoms. The molecular formula is C17H23N3O. The van der Waals surface area contributed by atoms with Crippen molar-refractivity contribution < 1.29 is 4.79 Å². The van der Waals surface area contributed by atoms with E-state index in [-0.39, 0.29) is 17.4 Å². The van der Waals surface area contributed by atoms with Gasteiger partial charge in [-0.05, 0) is 37.0 Å². The molecule has 2 aromatic rings. The van der Waals surface area contributed by atoms with Crippen molar-refractivity contribution in [3.63, 3.8) is 0 Å². The van der Waals surface area contributed by atoms with Crippen molar-refractivity contribution in [3.8, 4) is 0 Å². The molecule has 1 aromatic carbocycles. The van der Waals surface area contributed by atoms with Crippen LogP contribution in [0.15, 0.2) is 36.5 Å². The monoisotopic (exact) mass is 285 g/mol. The van der Waals surface area contributed by atoms with Gasteiger partial charge in [-0.2, -0.15) is 5.10 Å². The molecule has 0 bridgehead atoms. The average molecular weight is 285 g/mol. The molecular weight excluding hydrogens is 262 g/mol. The maximum atomic E-state index is 12.3.